The first kappa shape index (κ1) is 15.7. The fraction of sp³-hybridized carbons (Fsp3) is 0.706. The molecule has 1 saturated heterocycles. The molecule has 0 bridgehead atoms. The van der Waals surface area contributed by atoms with Gasteiger partial charge in [-0.2, -0.15) is 0 Å². The highest BCUT2D eigenvalue weighted by Crippen LogP contribution is 2.22. The lowest BCUT2D eigenvalue weighted by Crippen LogP contribution is -2.37. The van der Waals surface area contributed by atoms with Crippen LogP contribution in [0.3, 0.4) is 0 Å². The summed E-state index contributed by atoms with van der Waals surface area (Å²) in [6.07, 6.45) is 4.65. The fourth-order valence-electron chi connectivity index (χ4n) is 3.43. The lowest BCUT2D eigenvalue weighted by Gasteiger charge is -2.24. The van der Waals surface area contributed by atoms with E-state index in [0.717, 1.165) is 45.1 Å². The molecular formula is C17H28N4O. The van der Waals surface area contributed by atoms with Gasteiger partial charge < -0.3 is 14.5 Å². The zero-order valence-electron chi connectivity index (χ0n) is 13.7. The molecule has 5 heteroatoms. The van der Waals surface area contributed by atoms with Crippen molar-refractivity contribution in [3.05, 3.63) is 23.9 Å². The van der Waals surface area contributed by atoms with Crippen molar-refractivity contribution < 1.29 is 4.74 Å². The number of hydrogen-bond donors (Lipinski definition) is 0. The van der Waals surface area contributed by atoms with Crippen molar-refractivity contribution in [1.29, 1.82) is 0 Å². The number of aromatic nitrogens is 1. The molecule has 22 heavy (non-hydrogen) atoms. The average Bonchev–Trinajstić information content (AvgIpc) is 3.00. The minimum absolute atomic E-state index is 0.754. The lowest BCUT2D eigenvalue weighted by atomic mass is 10.2. The van der Waals surface area contributed by atoms with Crippen molar-refractivity contribution in [2.45, 2.75) is 19.4 Å². The third-order valence-corrected chi connectivity index (χ3v) is 4.74. The number of pyridine rings is 1. The monoisotopic (exact) mass is 304 g/mol. The normalized spacial score (nSPS) is 20.1. The van der Waals surface area contributed by atoms with E-state index < -0.39 is 0 Å². The Morgan fingerprint density at radius 1 is 1.05 bits per heavy atom. The van der Waals surface area contributed by atoms with Crippen LogP contribution in [-0.2, 0) is 11.3 Å². The summed E-state index contributed by atoms with van der Waals surface area (Å²) in [7, 11) is 1.76. The van der Waals surface area contributed by atoms with Crippen LogP contribution in [0.5, 0.6) is 0 Å². The summed E-state index contributed by atoms with van der Waals surface area (Å²) in [5.74, 6) is 1.14. The summed E-state index contributed by atoms with van der Waals surface area (Å²) in [6, 6.07) is 4.27. The third kappa shape index (κ3) is 3.97. The SMILES string of the molecule is COCCN1CCN(CCN2CCCC2)Cc2cccnc21. The van der Waals surface area contributed by atoms with Gasteiger partial charge in [0, 0.05) is 58.1 Å². The Hall–Kier alpha value is -1.17. The number of fused-ring (bicyclic) bond motifs is 1. The summed E-state index contributed by atoms with van der Waals surface area (Å²) >= 11 is 0. The molecule has 0 radical (unpaired) electrons. The molecule has 0 spiro atoms. The van der Waals surface area contributed by atoms with Crippen LogP contribution in [0.2, 0.25) is 0 Å². The van der Waals surface area contributed by atoms with Gasteiger partial charge >= 0.3 is 0 Å². The largest absolute Gasteiger partial charge is 0.383 e. The molecule has 0 unspecified atom stereocenters. The summed E-state index contributed by atoms with van der Waals surface area (Å²) in [5.41, 5.74) is 1.34. The molecule has 3 heterocycles. The minimum atomic E-state index is 0.754. The van der Waals surface area contributed by atoms with Crippen molar-refractivity contribution in [3.63, 3.8) is 0 Å². The smallest absolute Gasteiger partial charge is 0.133 e. The van der Waals surface area contributed by atoms with Gasteiger partial charge in [0.05, 0.1) is 6.61 Å². The van der Waals surface area contributed by atoms with Crippen molar-refractivity contribution in [1.82, 2.24) is 14.8 Å². The summed E-state index contributed by atoms with van der Waals surface area (Å²) in [6.45, 7) is 9.75. The second kappa shape index (κ2) is 7.90. The number of likely N-dealkylation sites (tertiary alicyclic amines) is 1. The highest BCUT2D eigenvalue weighted by Gasteiger charge is 2.21. The van der Waals surface area contributed by atoms with Gasteiger partial charge in [0.1, 0.15) is 5.82 Å². The Kier molecular flexibility index (Phi) is 5.64. The van der Waals surface area contributed by atoms with E-state index >= 15 is 0 Å². The molecule has 3 rings (SSSR count). The van der Waals surface area contributed by atoms with Gasteiger partial charge in [-0.3, -0.25) is 4.90 Å². The summed E-state index contributed by atoms with van der Waals surface area (Å²) in [4.78, 5) is 12.2. The Morgan fingerprint density at radius 3 is 2.68 bits per heavy atom. The Morgan fingerprint density at radius 2 is 1.86 bits per heavy atom. The van der Waals surface area contributed by atoms with E-state index in [9.17, 15) is 0 Å². The molecule has 0 saturated carbocycles. The molecule has 2 aliphatic heterocycles. The second-order valence-electron chi connectivity index (χ2n) is 6.29. The van der Waals surface area contributed by atoms with E-state index in [1.165, 1.54) is 38.0 Å². The summed E-state index contributed by atoms with van der Waals surface area (Å²) in [5, 5.41) is 0. The van der Waals surface area contributed by atoms with Crippen molar-refractivity contribution in [2.75, 3.05) is 64.4 Å². The zero-order chi connectivity index (χ0) is 15.2. The zero-order valence-corrected chi connectivity index (χ0v) is 13.7. The van der Waals surface area contributed by atoms with Crippen molar-refractivity contribution >= 4 is 5.82 Å². The van der Waals surface area contributed by atoms with Gasteiger partial charge in [-0.05, 0) is 32.0 Å². The van der Waals surface area contributed by atoms with Crippen LogP contribution in [0.1, 0.15) is 18.4 Å². The van der Waals surface area contributed by atoms with Crippen LogP contribution in [0.4, 0.5) is 5.82 Å². The number of methoxy groups -OCH3 is 1. The predicted molar refractivity (Wildman–Crippen MR) is 89.3 cm³/mol. The molecule has 2 aliphatic rings. The van der Waals surface area contributed by atoms with Gasteiger partial charge in [-0.25, -0.2) is 4.98 Å². The van der Waals surface area contributed by atoms with Gasteiger partial charge in [-0.1, -0.05) is 6.07 Å². The first-order chi connectivity index (χ1) is 10.9. The first-order valence-electron chi connectivity index (χ1n) is 8.49. The number of nitrogens with zero attached hydrogens (tertiary/aromatic N) is 4. The maximum absolute atomic E-state index is 5.25. The molecule has 5 nitrogen and oxygen atoms in total. The highest BCUT2D eigenvalue weighted by molar-refractivity contribution is 5.47. The molecule has 1 aromatic rings. The molecule has 1 aromatic heterocycles. The average molecular weight is 304 g/mol. The van der Waals surface area contributed by atoms with Crippen molar-refractivity contribution in [3.8, 4) is 0 Å². The van der Waals surface area contributed by atoms with Crippen LogP contribution < -0.4 is 4.90 Å². The van der Waals surface area contributed by atoms with Crippen LogP contribution in [0.25, 0.3) is 0 Å². The molecule has 122 valence electrons. The number of hydrogen-bond acceptors (Lipinski definition) is 5. The van der Waals surface area contributed by atoms with E-state index in [1.807, 2.05) is 6.20 Å². The van der Waals surface area contributed by atoms with Crippen LogP contribution in [-0.4, -0.2) is 74.3 Å². The third-order valence-electron chi connectivity index (χ3n) is 4.74. The van der Waals surface area contributed by atoms with Crippen LogP contribution in [0, 0.1) is 0 Å². The van der Waals surface area contributed by atoms with E-state index in [-0.39, 0.29) is 0 Å². The Labute approximate surface area is 133 Å². The highest BCUT2D eigenvalue weighted by atomic mass is 16.5. The van der Waals surface area contributed by atoms with E-state index in [0.29, 0.717) is 0 Å². The number of anilines is 1. The fourth-order valence-corrected chi connectivity index (χ4v) is 3.43. The standard InChI is InChI=1S/C17H28N4O/c1-22-14-13-21-12-11-20(10-9-19-7-2-3-8-19)15-16-5-4-6-18-17(16)21/h4-6H,2-3,7-15H2,1H3. The molecule has 1 fully saturated rings. The minimum Gasteiger partial charge on any atom is -0.383 e. The lowest BCUT2D eigenvalue weighted by molar-refractivity contribution is 0.202. The quantitative estimate of drug-likeness (QED) is 0.794. The molecule has 0 aliphatic carbocycles. The second-order valence-corrected chi connectivity index (χ2v) is 6.29. The molecule has 0 amide bonds. The molecule has 0 atom stereocenters. The van der Waals surface area contributed by atoms with Gasteiger partial charge in [0.2, 0.25) is 0 Å². The first-order valence-corrected chi connectivity index (χ1v) is 8.49. The Balaban J connectivity index is 1.62. The van der Waals surface area contributed by atoms with Crippen molar-refractivity contribution in [2.24, 2.45) is 0 Å². The predicted octanol–water partition coefficient (Wildman–Crippen LogP) is 1.45. The van der Waals surface area contributed by atoms with Crippen LogP contribution >= 0.6 is 0 Å². The van der Waals surface area contributed by atoms with Gasteiger partial charge in [0.25, 0.3) is 0 Å². The Bertz CT molecular complexity index is 462. The van der Waals surface area contributed by atoms with Gasteiger partial charge in [-0.15, -0.1) is 0 Å². The maximum atomic E-state index is 5.25. The molecule has 0 aromatic carbocycles. The van der Waals surface area contributed by atoms with Crippen LogP contribution in [0.15, 0.2) is 18.3 Å². The van der Waals surface area contributed by atoms with E-state index in [2.05, 4.69) is 31.8 Å². The van der Waals surface area contributed by atoms with Gasteiger partial charge in [0.15, 0.2) is 0 Å². The molecule has 0 N–H and O–H groups in total. The maximum Gasteiger partial charge on any atom is 0.133 e. The van der Waals surface area contributed by atoms with E-state index in [1.54, 1.807) is 7.11 Å². The van der Waals surface area contributed by atoms with E-state index in [4.69, 9.17) is 4.74 Å². The number of rotatable bonds is 6. The number of ether oxygens (including phenoxy) is 1. The summed E-state index contributed by atoms with van der Waals surface area (Å²) < 4.78 is 5.25. The molecular weight excluding hydrogens is 276 g/mol. The topological polar surface area (TPSA) is 31.8 Å².